The van der Waals surface area contributed by atoms with E-state index >= 15 is 0 Å². The van der Waals surface area contributed by atoms with E-state index in [2.05, 4.69) is 15.6 Å². The number of rotatable bonds is 3. The highest BCUT2D eigenvalue weighted by molar-refractivity contribution is 6.34. The number of aromatic nitrogens is 1. The summed E-state index contributed by atoms with van der Waals surface area (Å²) < 4.78 is 0. The van der Waals surface area contributed by atoms with Crippen LogP contribution in [0.25, 0.3) is 0 Å². The zero-order chi connectivity index (χ0) is 14.7. The van der Waals surface area contributed by atoms with Crippen molar-refractivity contribution in [3.63, 3.8) is 0 Å². The maximum Gasteiger partial charge on any atom is 0.259 e. The Morgan fingerprint density at radius 2 is 2.05 bits per heavy atom. The molecule has 0 saturated carbocycles. The summed E-state index contributed by atoms with van der Waals surface area (Å²) in [6.45, 7) is 3.77. The van der Waals surface area contributed by atoms with Crippen LogP contribution in [-0.4, -0.2) is 17.9 Å². The van der Waals surface area contributed by atoms with Crippen LogP contribution in [0.2, 0.25) is 5.02 Å². The first kappa shape index (κ1) is 14.3. The van der Waals surface area contributed by atoms with Gasteiger partial charge in [-0.15, -0.1) is 0 Å². The third-order valence-electron chi connectivity index (χ3n) is 3.02. The lowest BCUT2D eigenvalue weighted by atomic mass is 10.1. The highest BCUT2D eigenvalue weighted by Crippen LogP contribution is 2.26. The average Bonchev–Trinajstić information content (AvgIpc) is 2.42. The van der Waals surface area contributed by atoms with Crippen molar-refractivity contribution in [1.82, 2.24) is 4.98 Å². The second-order valence-electron chi connectivity index (χ2n) is 4.51. The Hall–Kier alpha value is -2.07. The van der Waals surface area contributed by atoms with Gasteiger partial charge in [-0.25, -0.2) is 0 Å². The summed E-state index contributed by atoms with van der Waals surface area (Å²) in [5.74, 6) is -0.238. The fourth-order valence-electron chi connectivity index (χ4n) is 1.92. The SMILES string of the molecule is CNc1cc(C)ncc1C(=O)Nc1c(C)cccc1Cl. The molecule has 0 radical (unpaired) electrons. The Bertz CT molecular complexity index is 635. The maximum absolute atomic E-state index is 12.4. The number of halogens is 1. The highest BCUT2D eigenvalue weighted by Gasteiger charge is 2.14. The largest absolute Gasteiger partial charge is 0.387 e. The molecule has 0 saturated heterocycles. The van der Waals surface area contributed by atoms with Crippen molar-refractivity contribution in [2.75, 3.05) is 17.7 Å². The Kier molecular flexibility index (Phi) is 4.25. The molecule has 1 aromatic heterocycles. The first-order valence-corrected chi connectivity index (χ1v) is 6.61. The average molecular weight is 290 g/mol. The molecule has 0 bridgehead atoms. The molecule has 5 heteroatoms. The quantitative estimate of drug-likeness (QED) is 0.907. The normalized spacial score (nSPS) is 10.2. The van der Waals surface area contributed by atoms with Gasteiger partial charge >= 0.3 is 0 Å². The minimum atomic E-state index is -0.238. The van der Waals surface area contributed by atoms with Gasteiger partial charge < -0.3 is 10.6 Å². The lowest BCUT2D eigenvalue weighted by Crippen LogP contribution is -2.15. The van der Waals surface area contributed by atoms with Gasteiger partial charge in [0.1, 0.15) is 0 Å². The van der Waals surface area contributed by atoms with Crippen LogP contribution < -0.4 is 10.6 Å². The smallest absolute Gasteiger partial charge is 0.259 e. The summed E-state index contributed by atoms with van der Waals surface area (Å²) in [6, 6.07) is 7.32. The molecule has 2 rings (SSSR count). The number of pyridine rings is 1. The molecular formula is C15H16ClN3O. The minimum Gasteiger partial charge on any atom is -0.387 e. The van der Waals surface area contributed by atoms with E-state index < -0.39 is 0 Å². The van der Waals surface area contributed by atoms with Crippen LogP contribution in [0.3, 0.4) is 0 Å². The fourth-order valence-corrected chi connectivity index (χ4v) is 2.19. The number of anilines is 2. The standard InChI is InChI=1S/C15H16ClN3O/c1-9-5-4-6-12(16)14(9)19-15(20)11-8-18-10(2)7-13(11)17-3/h4-8H,1-3H3,(H,17,18)(H,19,20). The number of carbonyl (C=O) groups is 1. The van der Waals surface area contributed by atoms with Crippen LogP contribution in [0, 0.1) is 13.8 Å². The molecule has 0 aliphatic rings. The molecule has 2 aromatic rings. The number of nitrogens with zero attached hydrogens (tertiary/aromatic N) is 1. The molecule has 0 aliphatic carbocycles. The fraction of sp³-hybridized carbons (Fsp3) is 0.200. The van der Waals surface area contributed by atoms with Crippen molar-refractivity contribution in [1.29, 1.82) is 0 Å². The molecule has 1 aromatic carbocycles. The van der Waals surface area contributed by atoms with Crippen LogP contribution in [0.15, 0.2) is 30.5 Å². The lowest BCUT2D eigenvalue weighted by Gasteiger charge is -2.13. The molecule has 2 N–H and O–H groups in total. The summed E-state index contributed by atoms with van der Waals surface area (Å²) in [7, 11) is 1.77. The Morgan fingerprint density at radius 1 is 1.30 bits per heavy atom. The van der Waals surface area contributed by atoms with E-state index in [-0.39, 0.29) is 5.91 Å². The maximum atomic E-state index is 12.4. The van der Waals surface area contributed by atoms with Crippen LogP contribution >= 0.6 is 11.6 Å². The first-order valence-electron chi connectivity index (χ1n) is 6.23. The van der Waals surface area contributed by atoms with Gasteiger partial charge in [-0.3, -0.25) is 9.78 Å². The van der Waals surface area contributed by atoms with Crippen LogP contribution in [0.1, 0.15) is 21.6 Å². The monoisotopic (exact) mass is 289 g/mol. The molecule has 0 fully saturated rings. The zero-order valence-electron chi connectivity index (χ0n) is 11.6. The van der Waals surface area contributed by atoms with Gasteiger partial charge in [0.25, 0.3) is 5.91 Å². The van der Waals surface area contributed by atoms with E-state index in [1.807, 2.05) is 32.0 Å². The number of benzene rings is 1. The number of hydrogen-bond donors (Lipinski definition) is 2. The molecule has 4 nitrogen and oxygen atoms in total. The van der Waals surface area contributed by atoms with Crippen molar-refractivity contribution in [3.8, 4) is 0 Å². The molecule has 20 heavy (non-hydrogen) atoms. The number of nitrogens with one attached hydrogen (secondary N) is 2. The second-order valence-corrected chi connectivity index (χ2v) is 4.91. The van der Waals surface area contributed by atoms with Crippen molar-refractivity contribution in [2.24, 2.45) is 0 Å². The Balaban J connectivity index is 2.33. The van der Waals surface area contributed by atoms with Crippen LogP contribution in [-0.2, 0) is 0 Å². The van der Waals surface area contributed by atoms with E-state index in [0.29, 0.717) is 16.3 Å². The molecule has 104 valence electrons. The van der Waals surface area contributed by atoms with Crippen LogP contribution in [0.4, 0.5) is 11.4 Å². The Labute approximate surface area is 123 Å². The zero-order valence-corrected chi connectivity index (χ0v) is 12.4. The summed E-state index contributed by atoms with van der Waals surface area (Å²) in [6.07, 6.45) is 1.56. The summed E-state index contributed by atoms with van der Waals surface area (Å²) in [4.78, 5) is 16.5. The molecule has 0 spiro atoms. The lowest BCUT2D eigenvalue weighted by molar-refractivity contribution is 0.102. The molecule has 0 unspecified atom stereocenters. The minimum absolute atomic E-state index is 0.238. The number of para-hydroxylation sites is 1. The molecular weight excluding hydrogens is 274 g/mol. The summed E-state index contributed by atoms with van der Waals surface area (Å²) in [5, 5.41) is 6.35. The molecule has 0 atom stereocenters. The van der Waals surface area contributed by atoms with Crippen molar-refractivity contribution in [2.45, 2.75) is 13.8 Å². The van der Waals surface area contributed by atoms with E-state index in [4.69, 9.17) is 11.6 Å². The van der Waals surface area contributed by atoms with Gasteiger partial charge in [-0.1, -0.05) is 23.7 Å². The number of carbonyl (C=O) groups excluding carboxylic acids is 1. The van der Waals surface area contributed by atoms with E-state index in [9.17, 15) is 4.79 Å². The van der Waals surface area contributed by atoms with Gasteiger partial charge in [0.05, 0.1) is 22.0 Å². The third-order valence-corrected chi connectivity index (χ3v) is 3.33. The predicted octanol–water partition coefficient (Wildman–Crippen LogP) is 3.65. The van der Waals surface area contributed by atoms with Crippen molar-refractivity contribution >= 4 is 28.9 Å². The summed E-state index contributed by atoms with van der Waals surface area (Å²) in [5.41, 5.74) is 3.61. The number of hydrogen-bond acceptors (Lipinski definition) is 3. The second kappa shape index (κ2) is 5.92. The first-order chi connectivity index (χ1) is 9.52. The van der Waals surface area contributed by atoms with E-state index in [1.165, 1.54) is 0 Å². The van der Waals surface area contributed by atoms with E-state index in [0.717, 1.165) is 16.9 Å². The third kappa shape index (κ3) is 2.91. The Morgan fingerprint density at radius 3 is 2.70 bits per heavy atom. The predicted molar refractivity (Wildman–Crippen MR) is 82.7 cm³/mol. The van der Waals surface area contributed by atoms with E-state index in [1.54, 1.807) is 19.3 Å². The topological polar surface area (TPSA) is 54.0 Å². The van der Waals surface area contributed by atoms with Gasteiger partial charge in [0.2, 0.25) is 0 Å². The highest BCUT2D eigenvalue weighted by atomic mass is 35.5. The van der Waals surface area contributed by atoms with Crippen LogP contribution in [0.5, 0.6) is 0 Å². The summed E-state index contributed by atoms with van der Waals surface area (Å²) >= 11 is 6.11. The van der Waals surface area contributed by atoms with Crippen molar-refractivity contribution in [3.05, 3.63) is 52.3 Å². The van der Waals surface area contributed by atoms with Gasteiger partial charge in [-0.05, 0) is 31.5 Å². The molecule has 1 heterocycles. The van der Waals surface area contributed by atoms with Gasteiger partial charge in [-0.2, -0.15) is 0 Å². The molecule has 1 amide bonds. The number of aryl methyl sites for hydroxylation is 2. The van der Waals surface area contributed by atoms with Gasteiger partial charge in [0, 0.05) is 18.9 Å². The van der Waals surface area contributed by atoms with Gasteiger partial charge in [0.15, 0.2) is 0 Å². The van der Waals surface area contributed by atoms with Crippen molar-refractivity contribution < 1.29 is 4.79 Å². The number of amides is 1. The molecule has 0 aliphatic heterocycles.